The van der Waals surface area contributed by atoms with Crippen LogP contribution in [0.15, 0.2) is 54.4 Å². The van der Waals surface area contributed by atoms with Gasteiger partial charge in [0.05, 0.1) is 18.4 Å². The Bertz CT molecular complexity index is 654. The molecule has 1 aliphatic carbocycles. The molecule has 1 heterocycles. The van der Waals surface area contributed by atoms with Crippen molar-refractivity contribution in [3.05, 3.63) is 59.9 Å². The first-order valence-electron chi connectivity index (χ1n) is 7.26. The van der Waals surface area contributed by atoms with Crippen molar-refractivity contribution in [1.82, 2.24) is 9.78 Å². The first kappa shape index (κ1) is 13.6. The Morgan fingerprint density at radius 2 is 2.14 bits per heavy atom. The minimum Gasteiger partial charge on any atom is -0.320 e. The molecule has 1 aliphatic rings. The lowest BCUT2D eigenvalue weighted by Gasteiger charge is -2.01. The number of hydrogen-bond donors (Lipinski definition) is 1. The fourth-order valence-electron chi connectivity index (χ4n) is 2.33. The second-order valence-electron chi connectivity index (χ2n) is 5.56. The third kappa shape index (κ3) is 3.81. The van der Waals surface area contributed by atoms with E-state index in [9.17, 15) is 4.79 Å². The highest BCUT2D eigenvalue weighted by Gasteiger charge is 2.23. The van der Waals surface area contributed by atoms with Gasteiger partial charge in [-0.2, -0.15) is 5.10 Å². The summed E-state index contributed by atoms with van der Waals surface area (Å²) in [7, 11) is 0. The molecule has 0 radical (unpaired) electrons. The lowest BCUT2D eigenvalue weighted by Crippen LogP contribution is -2.08. The highest BCUT2D eigenvalue weighted by Crippen LogP contribution is 2.35. The van der Waals surface area contributed by atoms with Gasteiger partial charge < -0.3 is 5.32 Å². The Kier molecular flexibility index (Phi) is 3.86. The molecular formula is C17H19N3O. The predicted octanol–water partition coefficient (Wildman–Crippen LogP) is 3.23. The van der Waals surface area contributed by atoms with Gasteiger partial charge >= 0.3 is 0 Å². The number of aromatic nitrogens is 2. The Labute approximate surface area is 124 Å². The van der Waals surface area contributed by atoms with Crippen LogP contribution < -0.4 is 5.32 Å². The van der Waals surface area contributed by atoms with E-state index in [1.54, 1.807) is 12.3 Å². The SMILES string of the molecule is CC(=CC(=O)Nc1cnn(Cc2ccccc2)c1)C1CC1. The molecule has 0 unspecified atom stereocenters. The number of nitrogens with zero attached hydrogens (tertiary/aromatic N) is 2. The van der Waals surface area contributed by atoms with E-state index in [0.29, 0.717) is 12.5 Å². The summed E-state index contributed by atoms with van der Waals surface area (Å²) >= 11 is 0. The fraction of sp³-hybridized carbons (Fsp3) is 0.294. The molecule has 108 valence electrons. The number of allylic oxidation sites excluding steroid dienone is 1. The van der Waals surface area contributed by atoms with Crippen molar-refractivity contribution in [2.75, 3.05) is 5.32 Å². The number of carbonyl (C=O) groups is 1. The van der Waals surface area contributed by atoms with Gasteiger partial charge in [-0.05, 0) is 31.2 Å². The maximum atomic E-state index is 11.9. The van der Waals surface area contributed by atoms with Gasteiger partial charge in [-0.25, -0.2) is 0 Å². The van der Waals surface area contributed by atoms with Crippen LogP contribution in [0.3, 0.4) is 0 Å². The number of benzene rings is 1. The topological polar surface area (TPSA) is 46.9 Å². The van der Waals surface area contributed by atoms with E-state index in [1.165, 1.54) is 24.0 Å². The normalized spacial score (nSPS) is 15.0. The number of amides is 1. The van der Waals surface area contributed by atoms with Crippen molar-refractivity contribution in [3.63, 3.8) is 0 Å². The van der Waals surface area contributed by atoms with Crippen molar-refractivity contribution in [1.29, 1.82) is 0 Å². The minimum absolute atomic E-state index is 0.0707. The molecule has 4 nitrogen and oxygen atoms in total. The highest BCUT2D eigenvalue weighted by molar-refractivity contribution is 5.99. The molecule has 1 fully saturated rings. The summed E-state index contributed by atoms with van der Waals surface area (Å²) in [6.07, 6.45) is 7.66. The largest absolute Gasteiger partial charge is 0.320 e. The summed E-state index contributed by atoms with van der Waals surface area (Å²) in [6, 6.07) is 10.1. The average molecular weight is 281 g/mol. The minimum atomic E-state index is -0.0707. The highest BCUT2D eigenvalue weighted by atomic mass is 16.1. The lowest BCUT2D eigenvalue weighted by molar-refractivity contribution is -0.112. The van der Waals surface area contributed by atoms with Gasteiger partial charge in [-0.1, -0.05) is 35.9 Å². The molecule has 0 atom stereocenters. The molecule has 1 amide bonds. The summed E-state index contributed by atoms with van der Waals surface area (Å²) in [5.41, 5.74) is 3.09. The number of rotatable bonds is 5. The van der Waals surface area contributed by atoms with E-state index in [1.807, 2.05) is 36.0 Å². The Balaban J connectivity index is 1.60. The fourth-order valence-corrected chi connectivity index (χ4v) is 2.33. The van der Waals surface area contributed by atoms with Gasteiger partial charge in [0.15, 0.2) is 0 Å². The smallest absolute Gasteiger partial charge is 0.248 e. The second-order valence-corrected chi connectivity index (χ2v) is 5.56. The average Bonchev–Trinajstić information content (AvgIpc) is 3.23. The number of anilines is 1. The van der Waals surface area contributed by atoms with Crippen LogP contribution in [0.2, 0.25) is 0 Å². The first-order chi connectivity index (χ1) is 10.2. The van der Waals surface area contributed by atoms with Gasteiger partial charge in [0, 0.05) is 12.3 Å². The van der Waals surface area contributed by atoms with Gasteiger partial charge in [-0.15, -0.1) is 0 Å². The Hall–Kier alpha value is -2.36. The molecule has 4 heteroatoms. The van der Waals surface area contributed by atoms with Crippen LogP contribution in [0.25, 0.3) is 0 Å². The van der Waals surface area contributed by atoms with E-state index in [-0.39, 0.29) is 5.91 Å². The molecule has 1 aromatic carbocycles. The molecule has 1 N–H and O–H groups in total. The van der Waals surface area contributed by atoms with Crippen molar-refractivity contribution in [2.24, 2.45) is 5.92 Å². The van der Waals surface area contributed by atoms with E-state index in [4.69, 9.17) is 0 Å². The molecule has 0 saturated heterocycles. The predicted molar refractivity (Wildman–Crippen MR) is 82.9 cm³/mol. The second kappa shape index (κ2) is 5.95. The van der Waals surface area contributed by atoms with E-state index >= 15 is 0 Å². The molecular weight excluding hydrogens is 262 g/mol. The van der Waals surface area contributed by atoms with Crippen molar-refractivity contribution in [2.45, 2.75) is 26.3 Å². The summed E-state index contributed by atoms with van der Waals surface area (Å²) < 4.78 is 1.82. The quantitative estimate of drug-likeness (QED) is 0.855. The summed E-state index contributed by atoms with van der Waals surface area (Å²) in [4.78, 5) is 11.9. The van der Waals surface area contributed by atoms with Gasteiger partial charge in [0.2, 0.25) is 5.91 Å². The van der Waals surface area contributed by atoms with Crippen LogP contribution in [0, 0.1) is 5.92 Å². The van der Waals surface area contributed by atoms with E-state index in [2.05, 4.69) is 22.5 Å². The third-order valence-electron chi connectivity index (χ3n) is 3.67. The van der Waals surface area contributed by atoms with Crippen molar-refractivity contribution >= 4 is 11.6 Å². The summed E-state index contributed by atoms with van der Waals surface area (Å²) in [5, 5.41) is 7.14. The molecule has 0 aliphatic heterocycles. The molecule has 1 aromatic heterocycles. The molecule has 0 spiro atoms. The van der Waals surface area contributed by atoms with Crippen LogP contribution in [0.5, 0.6) is 0 Å². The lowest BCUT2D eigenvalue weighted by atomic mass is 10.2. The standard InChI is InChI=1S/C17H19N3O/c1-13(15-7-8-15)9-17(21)19-16-10-18-20(12-16)11-14-5-3-2-4-6-14/h2-6,9-10,12,15H,7-8,11H2,1H3,(H,19,21). The maximum Gasteiger partial charge on any atom is 0.248 e. The van der Waals surface area contributed by atoms with E-state index < -0.39 is 0 Å². The van der Waals surface area contributed by atoms with Crippen LogP contribution >= 0.6 is 0 Å². The molecule has 3 rings (SSSR count). The summed E-state index contributed by atoms with van der Waals surface area (Å²) in [6.45, 7) is 2.73. The Morgan fingerprint density at radius 1 is 1.38 bits per heavy atom. The molecule has 0 bridgehead atoms. The number of hydrogen-bond acceptors (Lipinski definition) is 2. The zero-order valence-electron chi connectivity index (χ0n) is 12.1. The van der Waals surface area contributed by atoms with Gasteiger partial charge in [-0.3, -0.25) is 9.48 Å². The maximum absolute atomic E-state index is 11.9. The Morgan fingerprint density at radius 3 is 2.86 bits per heavy atom. The van der Waals surface area contributed by atoms with Gasteiger partial charge in [0.25, 0.3) is 0 Å². The third-order valence-corrected chi connectivity index (χ3v) is 3.67. The van der Waals surface area contributed by atoms with Crippen molar-refractivity contribution in [3.8, 4) is 0 Å². The number of nitrogens with one attached hydrogen (secondary N) is 1. The molecule has 21 heavy (non-hydrogen) atoms. The zero-order chi connectivity index (χ0) is 14.7. The monoisotopic (exact) mass is 281 g/mol. The van der Waals surface area contributed by atoms with Crippen LogP contribution in [-0.2, 0) is 11.3 Å². The summed E-state index contributed by atoms with van der Waals surface area (Å²) in [5.74, 6) is 0.551. The molecule has 2 aromatic rings. The van der Waals surface area contributed by atoms with Crippen molar-refractivity contribution < 1.29 is 4.79 Å². The van der Waals surface area contributed by atoms with Gasteiger partial charge in [0.1, 0.15) is 0 Å². The van der Waals surface area contributed by atoms with E-state index in [0.717, 1.165) is 5.69 Å². The number of carbonyl (C=O) groups excluding carboxylic acids is 1. The first-order valence-corrected chi connectivity index (χ1v) is 7.26. The molecule has 1 saturated carbocycles. The van der Waals surface area contributed by atoms with Crippen LogP contribution in [-0.4, -0.2) is 15.7 Å². The van der Waals surface area contributed by atoms with Crippen LogP contribution in [0.4, 0.5) is 5.69 Å². The zero-order valence-corrected chi connectivity index (χ0v) is 12.1. The van der Waals surface area contributed by atoms with Crippen LogP contribution in [0.1, 0.15) is 25.3 Å².